The summed E-state index contributed by atoms with van der Waals surface area (Å²) < 4.78 is 43.3. The SMILES string of the molecule is CN1C(=O)C(C(=O)Nc2ccc(Oc3ccnc(C(F)(F)F)n3)cc2)C(=O)N(C)C1=S. The number of thiocarbonyl (C=S) groups is 1. The van der Waals surface area contributed by atoms with E-state index in [2.05, 4.69) is 15.3 Å². The minimum Gasteiger partial charge on any atom is -0.439 e. The maximum absolute atomic E-state index is 12.7. The first kappa shape index (κ1) is 22.1. The van der Waals surface area contributed by atoms with Crippen molar-refractivity contribution < 1.29 is 32.3 Å². The second kappa shape index (κ2) is 8.26. The van der Waals surface area contributed by atoms with Crippen molar-refractivity contribution >= 4 is 40.7 Å². The number of ether oxygens (including phenoxy) is 1. The molecule has 0 atom stereocenters. The van der Waals surface area contributed by atoms with Crippen LogP contribution in [0.3, 0.4) is 0 Å². The molecular weight excluding hydrogens is 439 g/mol. The highest BCUT2D eigenvalue weighted by Gasteiger charge is 2.45. The van der Waals surface area contributed by atoms with Crippen LogP contribution in [0.25, 0.3) is 0 Å². The molecule has 0 saturated carbocycles. The van der Waals surface area contributed by atoms with Gasteiger partial charge in [0.05, 0.1) is 0 Å². The fourth-order valence-corrected chi connectivity index (χ4v) is 2.79. The maximum atomic E-state index is 12.7. The van der Waals surface area contributed by atoms with Gasteiger partial charge in [0.25, 0.3) is 11.8 Å². The van der Waals surface area contributed by atoms with Crippen LogP contribution in [0.15, 0.2) is 36.5 Å². The number of rotatable bonds is 4. The minimum absolute atomic E-state index is 0.0149. The van der Waals surface area contributed by atoms with Gasteiger partial charge in [-0.05, 0) is 36.5 Å². The fraction of sp³-hybridized carbons (Fsp3) is 0.222. The second-order valence-electron chi connectivity index (χ2n) is 6.34. The molecule has 0 spiro atoms. The average Bonchev–Trinajstić information content (AvgIpc) is 2.72. The number of carbonyl (C=O) groups excluding carboxylic acids is 3. The molecule has 3 amide bonds. The molecule has 0 unspecified atom stereocenters. The number of carbonyl (C=O) groups is 3. The Morgan fingerprint density at radius 2 is 1.68 bits per heavy atom. The first-order valence-electron chi connectivity index (χ1n) is 8.57. The number of alkyl halides is 3. The average molecular weight is 453 g/mol. The lowest BCUT2D eigenvalue weighted by atomic mass is 10.0. The molecule has 1 N–H and O–H groups in total. The lowest BCUT2D eigenvalue weighted by molar-refractivity contribution is -0.149. The first-order chi connectivity index (χ1) is 14.5. The van der Waals surface area contributed by atoms with Crippen molar-refractivity contribution in [1.82, 2.24) is 19.8 Å². The van der Waals surface area contributed by atoms with Gasteiger partial charge in [-0.3, -0.25) is 24.2 Å². The monoisotopic (exact) mass is 453 g/mol. The van der Waals surface area contributed by atoms with Crippen molar-refractivity contribution in [3.63, 3.8) is 0 Å². The van der Waals surface area contributed by atoms with Gasteiger partial charge in [-0.25, -0.2) is 4.98 Å². The van der Waals surface area contributed by atoms with Crippen LogP contribution in [0.5, 0.6) is 11.6 Å². The number of amides is 3. The Balaban J connectivity index is 1.70. The summed E-state index contributed by atoms with van der Waals surface area (Å²) in [4.78, 5) is 45.6. The van der Waals surface area contributed by atoms with E-state index in [1.165, 1.54) is 38.4 Å². The molecule has 9 nitrogen and oxygen atoms in total. The normalized spacial score (nSPS) is 15.3. The van der Waals surface area contributed by atoms with E-state index in [9.17, 15) is 27.6 Å². The Morgan fingerprint density at radius 3 is 2.23 bits per heavy atom. The number of aromatic nitrogens is 2. The highest BCUT2D eigenvalue weighted by Crippen LogP contribution is 2.28. The van der Waals surface area contributed by atoms with E-state index in [0.29, 0.717) is 0 Å². The van der Waals surface area contributed by atoms with Gasteiger partial charge in [0.15, 0.2) is 11.0 Å². The smallest absolute Gasteiger partial charge is 0.439 e. The summed E-state index contributed by atoms with van der Waals surface area (Å²) in [6.07, 6.45) is -3.80. The molecule has 0 bridgehead atoms. The second-order valence-corrected chi connectivity index (χ2v) is 6.71. The molecule has 1 aliphatic heterocycles. The molecule has 3 rings (SSSR count). The number of halogens is 3. The van der Waals surface area contributed by atoms with Crippen molar-refractivity contribution in [3.8, 4) is 11.6 Å². The first-order valence-corrected chi connectivity index (χ1v) is 8.98. The molecule has 0 radical (unpaired) electrons. The maximum Gasteiger partial charge on any atom is 0.451 e. The zero-order valence-corrected chi connectivity index (χ0v) is 16.8. The van der Waals surface area contributed by atoms with Crippen LogP contribution in [-0.2, 0) is 20.6 Å². The van der Waals surface area contributed by atoms with Crippen molar-refractivity contribution in [2.24, 2.45) is 5.92 Å². The Morgan fingerprint density at radius 1 is 1.10 bits per heavy atom. The molecule has 13 heteroatoms. The van der Waals surface area contributed by atoms with Crippen molar-refractivity contribution in [3.05, 3.63) is 42.4 Å². The van der Waals surface area contributed by atoms with Crippen molar-refractivity contribution in [2.75, 3.05) is 19.4 Å². The molecule has 1 saturated heterocycles. The summed E-state index contributed by atoms with van der Waals surface area (Å²) >= 11 is 4.96. The van der Waals surface area contributed by atoms with Gasteiger partial charge in [-0.1, -0.05) is 0 Å². The van der Waals surface area contributed by atoms with Crippen molar-refractivity contribution in [1.29, 1.82) is 0 Å². The lowest BCUT2D eigenvalue weighted by Gasteiger charge is -2.34. The number of benzene rings is 1. The third-order valence-corrected chi connectivity index (χ3v) is 4.77. The zero-order valence-electron chi connectivity index (χ0n) is 16.0. The quantitative estimate of drug-likeness (QED) is 0.558. The highest BCUT2D eigenvalue weighted by molar-refractivity contribution is 7.80. The van der Waals surface area contributed by atoms with Crippen LogP contribution < -0.4 is 10.1 Å². The molecule has 1 aromatic heterocycles. The van der Waals surface area contributed by atoms with Gasteiger partial charge >= 0.3 is 6.18 Å². The van der Waals surface area contributed by atoms with E-state index >= 15 is 0 Å². The molecule has 2 aromatic rings. The number of nitrogens with zero attached hydrogens (tertiary/aromatic N) is 4. The molecular formula is C18H14F3N5O4S. The van der Waals surface area contributed by atoms with Crippen LogP contribution in [0.2, 0.25) is 0 Å². The van der Waals surface area contributed by atoms with Crippen LogP contribution in [0.1, 0.15) is 5.82 Å². The van der Waals surface area contributed by atoms with Gasteiger partial charge in [0.1, 0.15) is 5.75 Å². The summed E-state index contributed by atoms with van der Waals surface area (Å²) in [5, 5.41) is 2.43. The zero-order chi connectivity index (χ0) is 22.9. The Kier molecular flexibility index (Phi) is 5.88. The van der Waals surface area contributed by atoms with E-state index in [1.54, 1.807) is 0 Å². The Bertz CT molecular complexity index is 1040. The van der Waals surface area contributed by atoms with E-state index in [-0.39, 0.29) is 22.4 Å². The summed E-state index contributed by atoms with van der Waals surface area (Å²) in [5.41, 5.74) is 0.232. The van der Waals surface area contributed by atoms with Gasteiger partial charge in [-0.15, -0.1) is 0 Å². The van der Waals surface area contributed by atoms with Gasteiger partial charge in [-0.2, -0.15) is 18.2 Å². The molecule has 1 fully saturated rings. The van der Waals surface area contributed by atoms with Crippen molar-refractivity contribution in [2.45, 2.75) is 6.18 Å². The Hall–Kier alpha value is -3.61. The molecule has 1 aromatic carbocycles. The summed E-state index contributed by atoms with van der Waals surface area (Å²) in [7, 11) is 2.72. The molecule has 162 valence electrons. The molecule has 1 aliphatic rings. The van der Waals surface area contributed by atoms with Gasteiger partial charge in [0, 0.05) is 32.0 Å². The predicted octanol–water partition coefficient (Wildman–Crippen LogP) is 2.06. The van der Waals surface area contributed by atoms with Crippen LogP contribution in [0.4, 0.5) is 18.9 Å². The highest BCUT2D eigenvalue weighted by atomic mass is 32.1. The van der Waals surface area contributed by atoms with Gasteiger partial charge in [0.2, 0.25) is 17.6 Å². The number of anilines is 1. The molecule has 2 heterocycles. The number of hydrogen-bond donors (Lipinski definition) is 1. The summed E-state index contributed by atoms with van der Waals surface area (Å²) in [5.74, 6) is -5.48. The van der Waals surface area contributed by atoms with Gasteiger partial charge < -0.3 is 10.1 Å². The third-order valence-electron chi connectivity index (χ3n) is 4.22. The minimum atomic E-state index is -4.71. The largest absolute Gasteiger partial charge is 0.451 e. The topological polar surface area (TPSA) is 105 Å². The van der Waals surface area contributed by atoms with E-state index < -0.39 is 35.6 Å². The third kappa shape index (κ3) is 4.60. The summed E-state index contributed by atoms with van der Waals surface area (Å²) in [6.45, 7) is 0. The molecule has 0 aliphatic carbocycles. The Labute approximate surface area is 178 Å². The molecule has 31 heavy (non-hydrogen) atoms. The van der Waals surface area contributed by atoms with E-state index in [0.717, 1.165) is 22.1 Å². The number of nitrogens with one attached hydrogen (secondary N) is 1. The fourth-order valence-electron chi connectivity index (χ4n) is 2.61. The van der Waals surface area contributed by atoms with E-state index in [1.807, 2.05) is 0 Å². The van der Waals surface area contributed by atoms with Crippen LogP contribution in [-0.4, -0.2) is 56.7 Å². The number of hydrogen-bond acceptors (Lipinski definition) is 7. The van der Waals surface area contributed by atoms with Crippen LogP contribution >= 0.6 is 12.2 Å². The predicted molar refractivity (Wildman–Crippen MR) is 104 cm³/mol. The lowest BCUT2D eigenvalue weighted by Crippen LogP contribution is -2.59. The summed E-state index contributed by atoms with van der Waals surface area (Å²) in [6, 6.07) is 6.65. The van der Waals surface area contributed by atoms with Crippen LogP contribution in [0, 0.1) is 5.92 Å². The van der Waals surface area contributed by atoms with E-state index in [4.69, 9.17) is 17.0 Å². The standard InChI is InChI=1S/C18H14F3N5O4S/c1-25-14(28)12(15(29)26(2)17(25)31)13(27)23-9-3-5-10(6-4-9)30-11-7-8-22-16(24-11)18(19,20)21/h3-8,12H,1-2H3,(H,23,27).